The van der Waals surface area contributed by atoms with Gasteiger partial charge in [0.15, 0.2) is 0 Å². The quantitative estimate of drug-likeness (QED) is 0.264. The third kappa shape index (κ3) is 5.39. The molecule has 0 saturated heterocycles. The molecule has 132 valence electrons. The van der Waals surface area contributed by atoms with Crippen LogP contribution in [0.15, 0.2) is 59.0 Å². The maximum atomic E-state index is 12.3. The van der Waals surface area contributed by atoms with E-state index in [0.29, 0.717) is 27.9 Å². The summed E-state index contributed by atoms with van der Waals surface area (Å²) >= 11 is 0.377. The zero-order valence-corrected chi connectivity index (χ0v) is 13.9. The van der Waals surface area contributed by atoms with Crippen molar-refractivity contribution in [2.24, 2.45) is 0 Å². The van der Waals surface area contributed by atoms with E-state index >= 15 is 0 Å². The number of hydrogen-bond donors (Lipinski definition) is 1. The Balaban J connectivity index is 2.15. The molecule has 0 heterocycles. The molecule has 0 bridgehead atoms. The smallest absolute Gasteiger partial charge is 0.288 e. The zero-order valence-electron chi connectivity index (χ0n) is 13.1. The highest BCUT2D eigenvalue weighted by atomic mass is 32.2. The van der Waals surface area contributed by atoms with Crippen LogP contribution in [0.5, 0.6) is 0 Å². The molecule has 0 aliphatic carbocycles. The fourth-order valence-electron chi connectivity index (χ4n) is 1.96. The molecule has 0 unspecified atom stereocenters. The van der Waals surface area contributed by atoms with Crippen molar-refractivity contribution < 1.29 is 18.5 Å². The Labute approximate surface area is 151 Å². The maximum Gasteiger partial charge on any atom is 0.288 e. The van der Waals surface area contributed by atoms with Gasteiger partial charge in [-0.3, -0.25) is 14.9 Å². The van der Waals surface area contributed by atoms with E-state index in [9.17, 15) is 23.7 Å². The van der Waals surface area contributed by atoms with Gasteiger partial charge < -0.3 is 5.32 Å². The van der Waals surface area contributed by atoms with Crippen molar-refractivity contribution in [3.63, 3.8) is 0 Å². The number of nitriles is 1. The fraction of sp³-hybridized carbons (Fsp3) is 0.0588. The molecule has 0 spiro atoms. The largest absolute Gasteiger partial charge is 0.321 e. The summed E-state index contributed by atoms with van der Waals surface area (Å²) in [4.78, 5) is 22.7. The summed E-state index contributed by atoms with van der Waals surface area (Å²) in [6.45, 7) is 0. The predicted molar refractivity (Wildman–Crippen MR) is 93.6 cm³/mol. The molecule has 0 fully saturated rings. The fourth-order valence-corrected chi connectivity index (χ4v) is 2.46. The Hall–Kier alpha value is -3.25. The number of alkyl halides is 2. The summed E-state index contributed by atoms with van der Waals surface area (Å²) < 4.78 is 24.6. The van der Waals surface area contributed by atoms with Crippen molar-refractivity contribution >= 4 is 35.1 Å². The Bertz CT molecular complexity index is 893. The molecule has 0 aliphatic heterocycles. The van der Waals surface area contributed by atoms with Gasteiger partial charge in [0, 0.05) is 22.7 Å². The lowest BCUT2D eigenvalue weighted by Crippen LogP contribution is -2.13. The summed E-state index contributed by atoms with van der Waals surface area (Å²) in [7, 11) is 0. The number of carbonyl (C=O) groups excluding carboxylic acids is 1. The number of nitrogens with zero attached hydrogens (tertiary/aromatic N) is 2. The number of nitro benzene ring substituents is 1. The molecule has 0 aliphatic rings. The molecule has 2 rings (SSSR count). The number of carbonyl (C=O) groups is 1. The zero-order chi connectivity index (χ0) is 19.1. The highest BCUT2D eigenvalue weighted by molar-refractivity contribution is 7.99. The first-order valence-electron chi connectivity index (χ1n) is 7.11. The van der Waals surface area contributed by atoms with E-state index in [-0.39, 0.29) is 11.3 Å². The Morgan fingerprint density at radius 1 is 1.27 bits per heavy atom. The van der Waals surface area contributed by atoms with Crippen LogP contribution in [-0.4, -0.2) is 16.6 Å². The molecule has 9 heteroatoms. The SMILES string of the molecule is N#C/C(=C\c1cccc([N+](=O)[O-])c1)C(=O)Nc1ccc(SC(F)F)cc1. The number of anilines is 1. The Morgan fingerprint density at radius 3 is 2.54 bits per heavy atom. The van der Waals surface area contributed by atoms with E-state index in [1.54, 1.807) is 6.07 Å². The number of benzene rings is 2. The van der Waals surface area contributed by atoms with Gasteiger partial charge in [0.25, 0.3) is 17.4 Å². The van der Waals surface area contributed by atoms with Gasteiger partial charge in [-0.25, -0.2) is 0 Å². The number of thioether (sulfide) groups is 1. The van der Waals surface area contributed by atoms with Gasteiger partial charge >= 0.3 is 0 Å². The van der Waals surface area contributed by atoms with E-state index in [4.69, 9.17) is 5.26 Å². The van der Waals surface area contributed by atoms with E-state index in [1.165, 1.54) is 54.6 Å². The Morgan fingerprint density at radius 2 is 1.96 bits per heavy atom. The monoisotopic (exact) mass is 375 g/mol. The van der Waals surface area contributed by atoms with Crippen LogP contribution >= 0.6 is 11.8 Å². The first-order valence-corrected chi connectivity index (χ1v) is 7.99. The van der Waals surface area contributed by atoms with Crippen molar-refractivity contribution in [3.8, 4) is 6.07 Å². The highest BCUT2D eigenvalue weighted by Gasteiger charge is 2.12. The lowest BCUT2D eigenvalue weighted by atomic mass is 10.1. The molecular weight excluding hydrogens is 364 g/mol. The second kappa shape index (κ2) is 8.73. The summed E-state index contributed by atoms with van der Waals surface area (Å²) in [6, 6.07) is 12.9. The summed E-state index contributed by atoms with van der Waals surface area (Å²) in [6.07, 6.45) is 1.23. The topological polar surface area (TPSA) is 96.0 Å². The van der Waals surface area contributed by atoms with Crippen LogP contribution < -0.4 is 5.32 Å². The van der Waals surface area contributed by atoms with E-state index in [0.717, 1.165) is 0 Å². The maximum absolute atomic E-state index is 12.3. The normalized spacial score (nSPS) is 11.1. The van der Waals surface area contributed by atoms with Gasteiger partial charge in [0.1, 0.15) is 11.6 Å². The number of hydrogen-bond acceptors (Lipinski definition) is 5. The van der Waals surface area contributed by atoms with Gasteiger partial charge in [0.05, 0.1) is 4.92 Å². The van der Waals surface area contributed by atoms with Gasteiger partial charge in [0.2, 0.25) is 0 Å². The lowest BCUT2D eigenvalue weighted by molar-refractivity contribution is -0.384. The minimum absolute atomic E-state index is 0.163. The number of non-ortho nitro benzene ring substituents is 1. The van der Waals surface area contributed by atoms with Crippen LogP contribution in [0.25, 0.3) is 6.08 Å². The molecule has 1 N–H and O–H groups in total. The number of nitrogens with one attached hydrogen (secondary N) is 1. The highest BCUT2D eigenvalue weighted by Crippen LogP contribution is 2.26. The van der Waals surface area contributed by atoms with Crippen LogP contribution in [0.1, 0.15) is 5.56 Å². The minimum atomic E-state index is -2.54. The third-order valence-corrected chi connectivity index (χ3v) is 3.82. The molecule has 0 aromatic heterocycles. The molecular formula is C17H11F2N3O3S. The molecule has 0 radical (unpaired) electrons. The number of nitro groups is 1. The molecule has 26 heavy (non-hydrogen) atoms. The first kappa shape index (κ1) is 19.1. The summed E-state index contributed by atoms with van der Waals surface area (Å²) in [5.41, 5.74) is 0.239. The van der Waals surface area contributed by atoms with Crippen molar-refractivity contribution in [1.82, 2.24) is 0 Å². The predicted octanol–water partition coefficient (Wildman–Crippen LogP) is 4.46. The second-order valence-corrected chi connectivity index (χ2v) is 5.94. The first-order chi connectivity index (χ1) is 12.4. The number of rotatable bonds is 6. The minimum Gasteiger partial charge on any atom is -0.321 e. The van der Waals surface area contributed by atoms with Crippen molar-refractivity contribution in [2.75, 3.05) is 5.32 Å². The molecule has 0 atom stereocenters. The van der Waals surface area contributed by atoms with Crippen molar-refractivity contribution in [1.29, 1.82) is 5.26 Å². The number of halogens is 2. The summed E-state index contributed by atoms with van der Waals surface area (Å²) in [5.74, 6) is -3.26. The van der Waals surface area contributed by atoms with Crippen LogP contribution in [0.4, 0.5) is 20.2 Å². The van der Waals surface area contributed by atoms with Crippen LogP contribution in [0, 0.1) is 21.4 Å². The standard InChI is InChI=1S/C17H11F2N3O3S/c18-17(19)26-15-6-4-13(5-7-15)21-16(23)12(10-20)8-11-2-1-3-14(9-11)22(24)25/h1-9,17H,(H,21,23)/b12-8+. The second-order valence-electron chi connectivity index (χ2n) is 4.88. The van der Waals surface area contributed by atoms with Gasteiger partial charge in [-0.15, -0.1) is 0 Å². The summed E-state index contributed by atoms with van der Waals surface area (Å²) in [5, 5.41) is 22.4. The van der Waals surface area contributed by atoms with E-state index in [2.05, 4.69) is 5.32 Å². The van der Waals surface area contributed by atoms with Gasteiger partial charge in [-0.05, 0) is 35.9 Å². The van der Waals surface area contributed by atoms with E-state index in [1.807, 2.05) is 0 Å². The van der Waals surface area contributed by atoms with Gasteiger partial charge in [-0.2, -0.15) is 14.0 Å². The van der Waals surface area contributed by atoms with Crippen LogP contribution in [-0.2, 0) is 4.79 Å². The average molecular weight is 375 g/mol. The molecule has 1 amide bonds. The van der Waals surface area contributed by atoms with Crippen molar-refractivity contribution in [3.05, 3.63) is 69.8 Å². The molecule has 6 nitrogen and oxygen atoms in total. The Kier molecular flexibility index (Phi) is 6.41. The molecule has 2 aromatic carbocycles. The molecule has 0 saturated carbocycles. The van der Waals surface area contributed by atoms with Gasteiger partial charge in [-0.1, -0.05) is 23.9 Å². The van der Waals surface area contributed by atoms with E-state index < -0.39 is 16.6 Å². The average Bonchev–Trinajstić information content (AvgIpc) is 2.61. The van der Waals surface area contributed by atoms with Crippen molar-refractivity contribution in [2.45, 2.75) is 10.7 Å². The number of amides is 1. The lowest BCUT2D eigenvalue weighted by Gasteiger charge is -2.06. The molecule has 2 aromatic rings. The third-order valence-electron chi connectivity index (χ3n) is 3.09. The van der Waals surface area contributed by atoms with Crippen LogP contribution in [0.2, 0.25) is 0 Å². The van der Waals surface area contributed by atoms with Crippen LogP contribution in [0.3, 0.4) is 0 Å².